The summed E-state index contributed by atoms with van der Waals surface area (Å²) in [6, 6.07) is 1.71. The Morgan fingerprint density at radius 1 is 1.25 bits per heavy atom. The third kappa shape index (κ3) is 2.26. The van der Waals surface area contributed by atoms with Crippen molar-refractivity contribution in [3.63, 3.8) is 0 Å². The van der Waals surface area contributed by atoms with Crippen molar-refractivity contribution >= 4 is 5.69 Å². The van der Waals surface area contributed by atoms with Gasteiger partial charge in [0, 0.05) is 6.07 Å². The van der Waals surface area contributed by atoms with Crippen LogP contribution in [0.5, 0.6) is 0 Å². The summed E-state index contributed by atoms with van der Waals surface area (Å²) >= 11 is 0. The summed E-state index contributed by atoms with van der Waals surface area (Å²) in [4.78, 5) is 9.04. The predicted molar refractivity (Wildman–Crippen MR) is 43.1 cm³/mol. The van der Waals surface area contributed by atoms with Crippen molar-refractivity contribution in [1.82, 2.24) is 0 Å². The molecule has 0 aliphatic carbocycles. The molecule has 0 aliphatic heterocycles. The molecule has 88 valence electrons. The summed E-state index contributed by atoms with van der Waals surface area (Å²) < 4.78 is 61.6. The van der Waals surface area contributed by atoms with Gasteiger partial charge >= 0.3 is 6.18 Å². The van der Waals surface area contributed by atoms with Crippen LogP contribution in [-0.2, 0) is 6.18 Å². The van der Waals surface area contributed by atoms with Crippen molar-refractivity contribution in [3.05, 3.63) is 39.4 Å². The molecule has 1 rings (SSSR count). The van der Waals surface area contributed by atoms with Crippen LogP contribution < -0.4 is 0 Å². The number of hydrogen-bond donors (Lipinski definition) is 0. The van der Waals surface area contributed by atoms with E-state index >= 15 is 0 Å². The SMILES string of the molecule is O=[N+]([O-])c1cccc(C(F)(F)F)c1C(F)F. The molecule has 0 saturated carbocycles. The molecule has 0 aromatic heterocycles. The summed E-state index contributed by atoms with van der Waals surface area (Å²) in [6.45, 7) is 0. The fraction of sp³-hybridized carbons (Fsp3) is 0.250. The molecule has 0 radical (unpaired) electrons. The second-order valence-electron chi connectivity index (χ2n) is 2.79. The van der Waals surface area contributed by atoms with Crippen molar-refractivity contribution in [1.29, 1.82) is 0 Å². The first kappa shape index (κ1) is 12.3. The molecule has 0 amide bonds. The lowest BCUT2D eigenvalue weighted by molar-refractivity contribution is -0.386. The van der Waals surface area contributed by atoms with E-state index in [0.29, 0.717) is 18.2 Å². The molecule has 16 heavy (non-hydrogen) atoms. The van der Waals surface area contributed by atoms with Crippen LogP contribution in [0, 0.1) is 10.1 Å². The maximum Gasteiger partial charge on any atom is 0.417 e. The highest BCUT2D eigenvalue weighted by Gasteiger charge is 2.39. The van der Waals surface area contributed by atoms with Gasteiger partial charge in [-0.15, -0.1) is 0 Å². The van der Waals surface area contributed by atoms with E-state index in [2.05, 4.69) is 0 Å². The molecule has 0 spiro atoms. The van der Waals surface area contributed by atoms with Gasteiger partial charge in [0.1, 0.15) is 5.56 Å². The van der Waals surface area contributed by atoms with E-state index in [0.717, 1.165) is 0 Å². The lowest BCUT2D eigenvalue weighted by Crippen LogP contribution is -2.11. The number of nitro groups is 1. The number of alkyl halides is 5. The number of rotatable bonds is 2. The number of benzene rings is 1. The Hall–Kier alpha value is -1.73. The molecular formula is C8H4F5NO2. The van der Waals surface area contributed by atoms with E-state index in [1.807, 2.05) is 0 Å². The van der Waals surface area contributed by atoms with Crippen molar-refractivity contribution < 1.29 is 26.9 Å². The van der Waals surface area contributed by atoms with Crippen molar-refractivity contribution in [2.75, 3.05) is 0 Å². The Kier molecular flexibility index (Phi) is 3.11. The largest absolute Gasteiger partial charge is 0.417 e. The van der Waals surface area contributed by atoms with Crippen LogP contribution in [0.2, 0.25) is 0 Å². The van der Waals surface area contributed by atoms with Gasteiger partial charge in [-0.2, -0.15) is 13.2 Å². The molecule has 0 unspecified atom stereocenters. The minimum atomic E-state index is -5.04. The fourth-order valence-electron chi connectivity index (χ4n) is 1.19. The molecule has 0 bridgehead atoms. The van der Waals surface area contributed by atoms with Crippen LogP contribution >= 0.6 is 0 Å². The first-order valence-corrected chi connectivity index (χ1v) is 3.87. The highest BCUT2D eigenvalue weighted by molar-refractivity contribution is 5.47. The molecule has 0 atom stereocenters. The second-order valence-corrected chi connectivity index (χ2v) is 2.79. The first-order valence-electron chi connectivity index (χ1n) is 3.87. The van der Waals surface area contributed by atoms with E-state index in [-0.39, 0.29) is 0 Å². The highest BCUT2D eigenvalue weighted by atomic mass is 19.4. The lowest BCUT2D eigenvalue weighted by Gasteiger charge is -2.11. The fourth-order valence-corrected chi connectivity index (χ4v) is 1.19. The minimum Gasteiger partial charge on any atom is -0.258 e. The highest BCUT2D eigenvalue weighted by Crippen LogP contribution is 2.40. The van der Waals surface area contributed by atoms with Crippen LogP contribution in [-0.4, -0.2) is 4.92 Å². The van der Waals surface area contributed by atoms with Crippen LogP contribution in [0.15, 0.2) is 18.2 Å². The van der Waals surface area contributed by atoms with Crippen molar-refractivity contribution in [2.45, 2.75) is 12.6 Å². The van der Waals surface area contributed by atoms with Gasteiger partial charge in [-0.05, 0) is 6.07 Å². The molecule has 3 nitrogen and oxygen atoms in total. The van der Waals surface area contributed by atoms with Gasteiger partial charge in [0.25, 0.3) is 12.1 Å². The van der Waals surface area contributed by atoms with E-state index in [4.69, 9.17) is 0 Å². The monoisotopic (exact) mass is 241 g/mol. The van der Waals surface area contributed by atoms with E-state index < -0.39 is 34.3 Å². The van der Waals surface area contributed by atoms with E-state index in [1.165, 1.54) is 0 Å². The maximum absolute atomic E-state index is 12.4. The summed E-state index contributed by atoms with van der Waals surface area (Å²) in [5.74, 6) is 0. The van der Waals surface area contributed by atoms with Crippen LogP contribution in [0.25, 0.3) is 0 Å². The zero-order chi connectivity index (χ0) is 12.5. The average molecular weight is 241 g/mol. The van der Waals surface area contributed by atoms with Gasteiger partial charge in [-0.25, -0.2) is 8.78 Å². The summed E-state index contributed by atoms with van der Waals surface area (Å²) in [5.41, 5.74) is -4.51. The van der Waals surface area contributed by atoms with Crippen molar-refractivity contribution in [2.24, 2.45) is 0 Å². The first-order chi connectivity index (χ1) is 7.25. The smallest absolute Gasteiger partial charge is 0.258 e. The Morgan fingerprint density at radius 2 is 1.81 bits per heavy atom. The Balaban J connectivity index is 3.51. The van der Waals surface area contributed by atoms with Gasteiger partial charge in [0.05, 0.1) is 10.5 Å². The third-order valence-corrected chi connectivity index (χ3v) is 1.80. The Bertz CT molecular complexity index is 415. The Labute approximate surface area is 85.6 Å². The topological polar surface area (TPSA) is 43.1 Å². The molecule has 0 N–H and O–H groups in total. The number of hydrogen-bond acceptors (Lipinski definition) is 2. The normalized spacial score (nSPS) is 11.9. The van der Waals surface area contributed by atoms with Crippen molar-refractivity contribution in [3.8, 4) is 0 Å². The summed E-state index contributed by atoms with van der Waals surface area (Å²) in [7, 11) is 0. The van der Waals surface area contributed by atoms with Gasteiger partial charge in [-0.3, -0.25) is 10.1 Å². The minimum absolute atomic E-state index is 0.383. The van der Waals surface area contributed by atoms with Gasteiger partial charge in [0.15, 0.2) is 0 Å². The Morgan fingerprint density at radius 3 is 2.19 bits per heavy atom. The molecule has 0 saturated heterocycles. The predicted octanol–water partition coefficient (Wildman–Crippen LogP) is 3.55. The van der Waals surface area contributed by atoms with Crippen LogP contribution in [0.4, 0.5) is 27.6 Å². The number of nitrogens with zero attached hydrogens (tertiary/aromatic N) is 1. The zero-order valence-electron chi connectivity index (χ0n) is 7.46. The second kappa shape index (κ2) is 4.03. The summed E-state index contributed by atoms with van der Waals surface area (Å²) in [5, 5.41) is 10.3. The molecular weight excluding hydrogens is 237 g/mol. The molecule has 8 heteroatoms. The van der Waals surface area contributed by atoms with Gasteiger partial charge < -0.3 is 0 Å². The number of nitro benzene ring substituents is 1. The maximum atomic E-state index is 12.4. The zero-order valence-corrected chi connectivity index (χ0v) is 7.46. The average Bonchev–Trinajstić information content (AvgIpc) is 2.14. The van der Waals surface area contributed by atoms with Crippen LogP contribution in [0.1, 0.15) is 17.6 Å². The van der Waals surface area contributed by atoms with Crippen LogP contribution in [0.3, 0.4) is 0 Å². The van der Waals surface area contributed by atoms with E-state index in [9.17, 15) is 32.1 Å². The third-order valence-electron chi connectivity index (χ3n) is 1.80. The molecule has 0 aliphatic rings. The van der Waals surface area contributed by atoms with E-state index in [1.54, 1.807) is 0 Å². The lowest BCUT2D eigenvalue weighted by atomic mass is 10.1. The van der Waals surface area contributed by atoms with Gasteiger partial charge in [-0.1, -0.05) is 6.07 Å². The molecule has 1 aromatic rings. The standard InChI is InChI=1S/C8H4F5NO2/c9-7(10)6-4(8(11,12)13)2-1-3-5(6)14(15)16/h1-3,7H. The quantitative estimate of drug-likeness (QED) is 0.451. The summed E-state index contributed by atoms with van der Waals surface area (Å²) in [6.07, 6.45) is -8.60. The number of halogens is 5. The molecule has 0 fully saturated rings. The van der Waals surface area contributed by atoms with Gasteiger partial charge in [0.2, 0.25) is 0 Å². The molecule has 0 heterocycles. The molecule has 1 aromatic carbocycles.